The second kappa shape index (κ2) is 6.98. The van der Waals surface area contributed by atoms with E-state index in [9.17, 15) is 18.3 Å². The number of fused-ring (bicyclic) bond motifs is 2. The molecule has 31 heavy (non-hydrogen) atoms. The van der Waals surface area contributed by atoms with Gasteiger partial charge in [0.2, 0.25) is 0 Å². The lowest BCUT2D eigenvalue weighted by Gasteiger charge is -2.12. The van der Waals surface area contributed by atoms with E-state index in [1.54, 1.807) is 35.7 Å². The van der Waals surface area contributed by atoms with Crippen LogP contribution in [0, 0.1) is 6.92 Å². The van der Waals surface area contributed by atoms with E-state index in [0.29, 0.717) is 38.0 Å². The van der Waals surface area contributed by atoms with Crippen LogP contribution >= 0.6 is 11.3 Å². The molecule has 0 aliphatic rings. The van der Waals surface area contributed by atoms with Gasteiger partial charge in [0.15, 0.2) is 0 Å². The summed E-state index contributed by atoms with van der Waals surface area (Å²) in [5.74, 6) is -0.266. The number of phenolic OH excluding ortho intramolecular Hbond substituents is 1. The van der Waals surface area contributed by atoms with Gasteiger partial charge in [-0.3, -0.25) is 0 Å². The number of aromatic hydroxyl groups is 1. The molecule has 5 nitrogen and oxygen atoms in total. The summed E-state index contributed by atoms with van der Waals surface area (Å²) >= 11 is 1.32. The summed E-state index contributed by atoms with van der Waals surface area (Å²) in [5, 5.41) is 21.5. The molecule has 0 radical (unpaired) electrons. The van der Waals surface area contributed by atoms with Crippen LogP contribution in [0.1, 0.15) is 5.56 Å². The number of furan rings is 1. The highest BCUT2D eigenvalue weighted by Gasteiger charge is 2.32. The van der Waals surface area contributed by atoms with Crippen molar-refractivity contribution >= 4 is 32.5 Å². The van der Waals surface area contributed by atoms with E-state index in [2.05, 4.69) is 14.9 Å². The van der Waals surface area contributed by atoms with E-state index in [-0.39, 0.29) is 17.1 Å². The van der Waals surface area contributed by atoms with E-state index in [4.69, 9.17) is 4.42 Å². The van der Waals surface area contributed by atoms with Gasteiger partial charge < -0.3 is 14.3 Å². The highest BCUT2D eigenvalue weighted by molar-refractivity contribution is 7.17. The summed E-state index contributed by atoms with van der Waals surface area (Å²) in [6.07, 6.45) is -3.31. The molecule has 0 fully saturated rings. The van der Waals surface area contributed by atoms with Gasteiger partial charge in [-0.25, -0.2) is 0 Å². The predicted molar refractivity (Wildman–Crippen MR) is 111 cm³/mol. The van der Waals surface area contributed by atoms with Crippen LogP contribution in [0.2, 0.25) is 0 Å². The van der Waals surface area contributed by atoms with Crippen LogP contribution in [0.4, 0.5) is 13.2 Å². The number of hydrogen-bond acceptors (Lipinski definition) is 6. The second-order valence-corrected chi connectivity index (χ2v) is 7.80. The number of phenols is 1. The zero-order valence-electron chi connectivity index (χ0n) is 15.9. The number of para-hydroxylation sites is 1. The molecule has 0 saturated carbocycles. The average molecular weight is 442 g/mol. The van der Waals surface area contributed by atoms with Gasteiger partial charge in [0.1, 0.15) is 22.6 Å². The first kappa shape index (κ1) is 19.4. The first-order valence-electron chi connectivity index (χ1n) is 9.12. The van der Waals surface area contributed by atoms with Gasteiger partial charge in [0, 0.05) is 22.1 Å². The Morgan fingerprint density at radius 3 is 2.68 bits per heavy atom. The van der Waals surface area contributed by atoms with Crippen molar-refractivity contribution in [2.75, 3.05) is 0 Å². The van der Waals surface area contributed by atoms with Crippen LogP contribution in [0.25, 0.3) is 43.6 Å². The van der Waals surface area contributed by atoms with Crippen LogP contribution in [0.5, 0.6) is 11.5 Å². The highest BCUT2D eigenvalue weighted by Crippen LogP contribution is 2.42. The van der Waals surface area contributed by atoms with Gasteiger partial charge in [-0.05, 0) is 36.8 Å². The molecule has 3 aromatic heterocycles. The van der Waals surface area contributed by atoms with Crippen molar-refractivity contribution in [3.05, 3.63) is 59.7 Å². The normalized spacial score (nSPS) is 12.0. The Morgan fingerprint density at radius 2 is 1.87 bits per heavy atom. The number of thiophene rings is 1. The molecule has 1 N–H and O–H groups in total. The molecular formula is C22H13F3N2O3S. The summed E-state index contributed by atoms with van der Waals surface area (Å²) in [6.45, 7) is 1.83. The first-order valence-corrected chi connectivity index (χ1v) is 10.00. The summed E-state index contributed by atoms with van der Waals surface area (Å²) in [6, 6.07) is 11.1. The maximum atomic E-state index is 12.8. The van der Waals surface area contributed by atoms with E-state index < -0.39 is 6.36 Å². The van der Waals surface area contributed by atoms with Gasteiger partial charge in [-0.1, -0.05) is 18.2 Å². The third-order valence-electron chi connectivity index (χ3n) is 4.91. The Morgan fingerprint density at radius 1 is 1.06 bits per heavy atom. The molecule has 9 heteroatoms. The number of benzene rings is 2. The van der Waals surface area contributed by atoms with Crippen LogP contribution in [-0.4, -0.2) is 21.7 Å². The van der Waals surface area contributed by atoms with Crippen molar-refractivity contribution in [1.29, 1.82) is 0 Å². The second-order valence-electron chi connectivity index (χ2n) is 6.89. The van der Waals surface area contributed by atoms with Crippen molar-refractivity contribution in [3.63, 3.8) is 0 Å². The number of rotatable bonds is 3. The third-order valence-corrected chi connectivity index (χ3v) is 5.82. The topological polar surface area (TPSA) is 68.4 Å². The lowest BCUT2D eigenvalue weighted by atomic mass is 10.0. The number of alkyl halides is 3. The van der Waals surface area contributed by atoms with Crippen molar-refractivity contribution in [3.8, 4) is 33.9 Å². The largest absolute Gasteiger partial charge is 0.573 e. The van der Waals surface area contributed by atoms with Gasteiger partial charge in [-0.2, -0.15) is 0 Å². The molecule has 0 spiro atoms. The molecule has 0 saturated heterocycles. The Kier molecular flexibility index (Phi) is 4.37. The van der Waals surface area contributed by atoms with Gasteiger partial charge in [0.05, 0.1) is 22.0 Å². The van der Waals surface area contributed by atoms with Crippen LogP contribution in [0.3, 0.4) is 0 Å². The molecule has 2 aromatic carbocycles. The maximum absolute atomic E-state index is 12.8. The summed E-state index contributed by atoms with van der Waals surface area (Å²) < 4.78 is 48.7. The summed E-state index contributed by atoms with van der Waals surface area (Å²) in [7, 11) is 0. The van der Waals surface area contributed by atoms with Gasteiger partial charge in [0.25, 0.3) is 0 Å². The zero-order valence-corrected chi connectivity index (χ0v) is 16.7. The summed E-state index contributed by atoms with van der Waals surface area (Å²) in [4.78, 5) is 0. The minimum Gasteiger partial charge on any atom is -0.506 e. The minimum atomic E-state index is -4.80. The van der Waals surface area contributed by atoms with Crippen molar-refractivity contribution in [2.45, 2.75) is 13.3 Å². The van der Waals surface area contributed by atoms with Gasteiger partial charge >= 0.3 is 6.36 Å². The molecule has 0 amide bonds. The van der Waals surface area contributed by atoms with Crippen molar-refractivity contribution in [1.82, 2.24) is 10.2 Å². The fourth-order valence-corrected chi connectivity index (χ4v) is 4.51. The van der Waals surface area contributed by atoms with E-state index in [1.807, 2.05) is 6.92 Å². The molecule has 5 rings (SSSR count). The Hall–Kier alpha value is -3.59. The molecule has 0 aliphatic carbocycles. The third kappa shape index (κ3) is 3.36. The predicted octanol–water partition coefficient (Wildman–Crippen LogP) is 6.68. The number of aryl methyl sites for hydroxylation is 1. The Bertz CT molecular complexity index is 1440. The Labute approximate surface area is 177 Å². The standard InChI is InChI=1S/C22H13F3N2O3S/c1-11-8-17-13(6-7-29-17)21(28)19(11)15-9-18-20(27-26-15)14(10-31-18)12-4-2-3-5-16(12)30-22(23,24)25/h2-10,28H,1H3. The SMILES string of the molecule is Cc1cc2occc2c(O)c1-c1cc2scc(-c3ccccc3OC(F)(F)F)c2nn1. The lowest BCUT2D eigenvalue weighted by molar-refractivity contribution is -0.274. The zero-order chi connectivity index (χ0) is 21.8. The fraction of sp³-hybridized carbons (Fsp3) is 0.0909. The van der Waals surface area contributed by atoms with Gasteiger partial charge in [-0.15, -0.1) is 34.7 Å². The average Bonchev–Trinajstić information content (AvgIpc) is 3.34. The van der Waals surface area contributed by atoms with Crippen molar-refractivity contribution in [2.24, 2.45) is 0 Å². The summed E-state index contributed by atoms with van der Waals surface area (Å²) in [5.41, 5.74) is 3.52. The van der Waals surface area contributed by atoms with Crippen molar-refractivity contribution < 1.29 is 27.4 Å². The number of hydrogen-bond donors (Lipinski definition) is 1. The first-order chi connectivity index (χ1) is 14.8. The molecular weight excluding hydrogens is 429 g/mol. The van der Waals surface area contributed by atoms with Crippen LogP contribution < -0.4 is 4.74 Å². The number of halogens is 3. The van der Waals surface area contributed by atoms with Crippen LogP contribution in [-0.2, 0) is 0 Å². The maximum Gasteiger partial charge on any atom is 0.573 e. The highest BCUT2D eigenvalue weighted by atomic mass is 32.1. The number of nitrogens with zero attached hydrogens (tertiary/aromatic N) is 2. The van der Waals surface area contributed by atoms with E-state index >= 15 is 0 Å². The molecule has 0 aliphatic heterocycles. The minimum absolute atomic E-state index is 0.0399. The monoisotopic (exact) mass is 442 g/mol. The van der Waals surface area contributed by atoms with Crippen LogP contribution in [0.15, 0.2) is 58.5 Å². The molecule has 5 aromatic rings. The number of aromatic nitrogens is 2. The molecule has 0 unspecified atom stereocenters. The fourth-order valence-electron chi connectivity index (χ4n) is 3.59. The lowest BCUT2D eigenvalue weighted by Crippen LogP contribution is -2.17. The molecule has 0 atom stereocenters. The molecule has 156 valence electrons. The quantitative estimate of drug-likeness (QED) is 0.337. The van der Waals surface area contributed by atoms with E-state index in [0.717, 1.165) is 5.56 Å². The molecule has 3 heterocycles. The number of ether oxygens (including phenoxy) is 1. The molecule has 0 bridgehead atoms. The Balaban J connectivity index is 1.63. The van der Waals surface area contributed by atoms with E-state index in [1.165, 1.54) is 29.7 Å². The smallest absolute Gasteiger partial charge is 0.506 e.